The molecule has 4 rings (SSSR count). The molecule has 0 aromatic heterocycles. The Bertz CT molecular complexity index is 1110. The zero-order chi connectivity index (χ0) is 24.8. The van der Waals surface area contributed by atoms with Crippen LogP contribution in [-0.4, -0.2) is 49.0 Å². The second-order valence-electron chi connectivity index (χ2n) is 7.94. The van der Waals surface area contributed by atoms with Crippen molar-refractivity contribution in [3.63, 3.8) is 0 Å². The first-order valence-corrected chi connectivity index (χ1v) is 12.5. The fraction of sp³-hybridized carbons (Fsp3) is 0.429. The molecular weight excluding hydrogens is 506 g/mol. The fourth-order valence-electron chi connectivity index (χ4n) is 3.99. The first-order chi connectivity index (χ1) is 15.8. The van der Waals surface area contributed by atoms with Gasteiger partial charge in [0.15, 0.2) is 0 Å². The van der Waals surface area contributed by atoms with Gasteiger partial charge in [-0.1, -0.05) is 0 Å². The highest BCUT2D eigenvalue weighted by Crippen LogP contribution is 2.42. The van der Waals surface area contributed by atoms with E-state index in [1.807, 2.05) is 4.31 Å². The molecular formula is C21H20F6N2O3S2. The standard InChI is InChI=1S/C21H20F6N2O3S2/c22-20(23,24)15-1-5-17(6-2-15)33-29-13-14-32-19(29)9-11-28(12-10-19)34(30,31)18-7-3-16(4-8-18)21(25,26)27/h1-8H,9-14H2. The molecule has 2 saturated heterocycles. The van der Waals surface area contributed by atoms with Gasteiger partial charge < -0.3 is 4.74 Å². The Morgan fingerprint density at radius 2 is 1.29 bits per heavy atom. The van der Waals surface area contributed by atoms with E-state index in [0.717, 1.165) is 36.4 Å². The highest BCUT2D eigenvalue weighted by atomic mass is 32.2. The zero-order valence-corrected chi connectivity index (χ0v) is 19.2. The number of halogens is 6. The number of nitrogens with zero attached hydrogens (tertiary/aromatic N) is 2. The lowest BCUT2D eigenvalue weighted by Crippen LogP contribution is -2.52. The molecule has 34 heavy (non-hydrogen) atoms. The average Bonchev–Trinajstić information content (AvgIpc) is 3.14. The zero-order valence-electron chi connectivity index (χ0n) is 17.6. The monoisotopic (exact) mass is 526 g/mol. The van der Waals surface area contributed by atoms with Crippen molar-refractivity contribution in [3.8, 4) is 0 Å². The van der Waals surface area contributed by atoms with Gasteiger partial charge in [0.2, 0.25) is 10.0 Å². The van der Waals surface area contributed by atoms with Crippen LogP contribution in [0.2, 0.25) is 0 Å². The van der Waals surface area contributed by atoms with Gasteiger partial charge in [0, 0.05) is 37.4 Å². The molecule has 5 nitrogen and oxygen atoms in total. The summed E-state index contributed by atoms with van der Waals surface area (Å²) in [6, 6.07) is 8.13. The van der Waals surface area contributed by atoms with Crippen molar-refractivity contribution in [2.24, 2.45) is 0 Å². The summed E-state index contributed by atoms with van der Waals surface area (Å²) < 4.78 is 112. The quantitative estimate of drug-likeness (QED) is 0.403. The van der Waals surface area contributed by atoms with Crippen LogP contribution in [0.5, 0.6) is 0 Å². The van der Waals surface area contributed by atoms with E-state index in [0.29, 0.717) is 30.9 Å². The Morgan fingerprint density at radius 3 is 1.79 bits per heavy atom. The smallest absolute Gasteiger partial charge is 0.358 e. The third kappa shape index (κ3) is 5.08. The number of hydrogen-bond donors (Lipinski definition) is 0. The van der Waals surface area contributed by atoms with Crippen molar-refractivity contribution >= 4 is 22.0 Å². The molecule has 2 aliphatic rings. The molecule has 186 valence electrons. The van der Waals surface area contributed by atoms with Crippen LogP contribution in [0, 0.1) is 0 Å². The number of piperidine rings is 1. The van der Waals surface area contributed by atoms with E-state index in [-0.39, 0.29) is 18.0 Å². The summed E-state index contributed by atoms with van der Waals surface area (Å²) in [6.45, 7) is 1.08. The Kier molecular flexibility index (Phi) is 6.70. The highest BCUT2D eigenvalue weighted by Gasteiger charge is 2.47. The van der Waals surface area contributed by atoms with Gasteiger partial charge >= 0.3 is 12.4 Å². The van der Waals surface area contributed by atoms with Crippen LogP contribution >= 0.6 is 11.9 Å². The summed E-state index contributed by atoms with van der Waals surface area (Å²) in [5.41, 5.74) is -2.45. The van der Waals surface area contributed by atoms with Crippen LogP contribution in [0.3, 0.4) is 0 Å². The molecule has 1 spiro atoms. The van der Waals surface area contributed by atoms with Gasteiger partial charge in [0.05, 0.1) is 22.6 Å². The molecule has 0 unspecified atom stereocenters. The summed E-state index contributed by atoms with van der Waals surface area (Å²) in [6.07, 6.45) is -8.37. The van der Waals surface area contributed by atoms with Crippen molar-refractivity contribution in [1.29, 1.82) is 0 Å². The summed E-state index contributed by atoms with van der Waals surface area (Å²) >= 11 is 1.25. The second kappa shape index (κ2) is 9.01. The second-order valence-corrected chi connectivity index (χ2v) is 11.0. The average molecular weight is 527 g/mol. The van der Waals surface area contributed by atoms with E-state index in [4.69, 9.17) is 4.74 Å². The number of benzene rings is 2. The van der Waals surface area contributed by atoms with E-state index in [2.05, 4.69) is 0 Å². The number of ether oxygens (including phenoxy) is 1. The molecule has 0 radical (unpaired) electrons. The van der Waals surface area contributed by atoms with Crippen LogP contribution in [-0.2, 0) is 27.1 Å². The normalized spacial score (nSPS) is 20.2. The third-order valence-corrected chi connectivity index (χ3v) is 8.97. The predicted molar refractivity (Wildman–Crippen MR) is 112 cm³/mol. The first kappa shape index (κ1) is 25.3. The van der Waals surface area contributed by atoms with E-state index < -0.39 is 39.2 Å². The lowest BCUT2D eigenvalue weighted by molar-refractivity contribution is -0.138. The molecule has 2 aromatic carbocycles. The summed E-state index contributed by atoms with van der Waals surface area (Å²) in [5.74, 6) is 0. The third-order valence-electron chi connectivity index (χ3n) is 5.84. The van der Waals surface area contributed by atoms with Gasteiger partial charge in [0.1, 0.15) is 5.72 Å². The maximum Gasteiger partial charge on any atom is 0.416 e. The molecule has 2 aromatic rings. The largest absolute Gasteiger partial charge is 0.416 e. The van der Waals surface area contributed by atoms with Gasteiger partial charge in [-0.2, -0.15) is 30.6 Å². The van der Waals surface area contributed by atoms with Crippen molar-refractivity contribution in [1.82, 2.24) is 8.61 Å². The van der Waals surface area contributed by atoms with Crippen molar-refractivity contribution in [2.45, 2.75) is 40.7 Å². The molecule has 0 N–H and O–H groups in total. The number of sulfonamides is 1. The molecule has 13 heteroatoms. The van der Waals surface area contributed by atoms with Crippen LogP contribution in [0.1, 0.15) is 24.0 Å². The van der Waals surface area contributed by atoms with Gasteiger partial charge in [0.25, 0.3) is 0 Å². The Balaban J connectivity index is 1.43. The van der Waals surface area contributed by atoms with Crippen LogP contribution in [0.25, 0.3) is 0 Å². The van der Waals surface area contributed by atoms with Crippen LogP contribution in [0.4, 0.5) is 26.3 Å². The Labute approximate surface area is 196 Å². The van der Waals surface area contributed by atoms with Gasteiger partial charge in [-0.15, -0.1) is 0 Å². The maximum absolute atomic E-state index is 12.9. The SMILES string of the molecule is O=S(=O)(c1ccc(C(F)(F)F)cc1)N1CCC2(CC1)OCCN2Sc1ccc(C(F)(F)F)cc1. The lowest BCUT2D eigenvalue weighted by Gasteiger charge is -2.42. The fourth-order valence-corrected chi connectivity index (χ4v) is 6.51. The van der Waals surface area contributed by atoms with Crippen molar-refractivity contribution in [3.05, 3.63) is 59.7 Å². The summed E-state index contributed by atoms with van der Waals surface area (Å²) in [4.78, 5) is 0.373. The van der Waals surface area contributed by atoms with E-state index in [1.54, 1.807) is 0 Å². The van der Waals surface area contributed by atoms with Gasteiger partial charge in [-0.05, 0) is 60.5 Å². The predicted octanol–water partition coefficient (Wildman–Crippen LogP) is 5.24. The summed E-state index contributed by atoms with van der Waals surface area (Å²) in [5, 5.41) is 0. The van der Waals surface area contributed by atoms with E-state index >= 15 is 0 Å². The molecule has 0 saturated carbocycles. The van der Waals surface area contributed by atoms with Crippen molar-refractivity contribution < 1.29 is 39.5 Å². The number of hydrogen-bond acceptors (Lipinski definition) is 5. The Hall–Kier alpha value is -1.80. The number of alkyl halides is 6. The molecule has 0 amide bonds. The molecule has 0 bridgehead atoms. The topological polar surface area (TPSA) is 49.9 Å². The minimum atomic E-state index is -4.56. The Morgan fingerprint density at radius 1 is 0.794 bits per heavy atom. The van der Waals surface area contributed by atoms with Crippen molar-refractivity contribution in [2.75, 3.05) is 26.2 Å². The van der Waals surface area contributed by atoms with Crippen LogP contribution in [0.15, 0.2) is 58.3 Å². The minimum absolute atomic E-state index is 0.0907. The van der Waals surface area contributed by atoms with Gasteiger partial charge in [-0.25, -0.2) is 12.7 Å². The molecule has 2 fully saturated rings. The molecule has 2 heterocycles. The maximum atomic E-state index is 12.9. The van der Waals surface area contributed by atoms with Crippen LogP contribution < -0.4 is 0 Å². The molecule has 0 aliphatic carbocycles. The minimum Gasteiger partial charge on any atom is -0.358 e. The lowest BCUT2D eigenvalue weighted by atomic mass is 10.0. The van der Waals surface area contributed by atoms with E-state index in [1.165, 1.54) is 28.4 Å². The molecule has 2 aliphatic heterocycles. The summed E-state index contributed by atoms with van der Waals surface area (Å²) in [7, 11) is -3.99. The van der Waals surface area contributed by atoms with E-state index in [9.17, 15) is 34.8 Å². The molecule has 0 atom stereocenters. The highest BCUT2D eigenvalue weighted by molar-refractivity contribution is 7.97. The first-order valence-electron chi connectivity index (χ1n) is 10.3. The number of rotatable bonds is 4. The van der Waals surface area contributed by atoms with Gasteiger partial charge in [-0.3, -0.25) is 0 Å².